The molecule has 0 unspecified atom stereocenters. The summed E-state index contributed by atoms with van der Waals surface area (Å²) >= 11 is 0. The monoisotopic (exact) mass is 366 g/mol. The molecule has 0 atom stereocenters. The minimum Gasteiger partial charge on any atom is -0.369 e. The van der Waals surface area contributed by atoms with Gasteiger partial charge in [0.25, 0.3) is 0 Å². The zero-order valence-corrected chi connectivity index (χ0v) is 15.6. The Kier molecular flexibility index (Phi) is 4.85. The molecule has 1 aliphatic rings. The molecule has 0 bridgehead atoms. The minimum atomic E-state index is -0.219. The van der Waals surface area contributed by atoms with Crippen molar-refractivity contribution in [1.82, 2.24) is 19.9 Å². The lowest BCUT2D eigenvalue weighted by Gasteiger charge is -2.36. The van der Waals surface area contributed by atoms with Gasteiger partial charge in [0.05, 0.1) is 5.69 Å². The van der Waals surface area contributed by atoms with E-state index >= 15 is 0 Å². The van der Waals surface area contributed by atoms with Crippen molar-refractivity contribution in [3.05, 3.63) is 48.5 Å². The zero-order valence-electron chi connectivity index (χ0n) is 15.6. The summed E-state index contributed by atoms with van der Waals surface area (Å²) in [5.74, 6) is 0.394. The molecule has 0 aliphatic carbocycles. The minimum absolute atomic E-state index is 0.219. The van der Waals surface area contributed by atoms with Crippen molar-refractivity contribution in [2.24, 2.45) is 0 Å². The first-order valence-electron chi connectivity index (χ1n) is 9.16. The predicted octanol–water partition coefficient (Wildman–Crippen LogP) is 3.44. The number of aromatic nitrogens is 3. The SMILES string of the molecule is CN(C)C1CCN(c2ccc(Nc3ccc4nccnc4n3)cc2F)CC1. The molecular formula is C20H23FN6. The lowest BCUT2D eigenvalue weighted by atomic mass is 10.0. The highest BCUT2D eigenvalue weighted by molar-refractivity contribution is 5.73. The summed E-state index contributed by atoms with van der Waals surface area (Å²) in [6.07, 6.45) is 5.34. The lowest BCUT2D eigenvalue weighted by Crippen LogP contribution is -2.42. The van der Waals surface area contributed by atoms with E-state index in [-0.39, 0.29) is 5.82 Å². The molecule has 6 nitrogen and oxygen atoms in total. The third-order valence-electron chi connectivity index (χ3n) is 5.09. The molecule has 3 heterocycles. The number of nitrogens with one attached hydrogen (secondary N) is 1. The number of hydrogen-bond acceptors (Lipinski definition) is 6. The molecule has 0 amide bonds. The fourth-order valence-corrected chi connectivity index (χ4v) is 3.54. The molecular weight excluding hydrogens is 343 g/mol. The highest BCUT2D eigenvalue weighted by Crippen LogP contribution is 2.28. The Labute approximate surface area is 158 Å². The van der Waals surface area contributed by atoms with E-state index in [1.807, 2.05) is 24.3 Å². The van der Waals surface area contributed by atoms with Crippen LogP contribution in [-0.2, 0) is 0 Å². The first-order valence-corrected chi connectivity index (χ1v) is 9.16. The highest BCUT2D eigenvalue weighted by atomic mass is 19.1. The Morgan fingerprint density at radius 2 is 1.85 bits per heavy atom. The van der Waals surface area contributed by atoms with Crippen molar-refractivity contribution in [2.45, 2.75) is 18.9 Å². The third kappa shape index (κ3) is 3.83. The molecule has 4 rings (SSSR count). The fraction of sp³-hybridized carbons (Fsp3) is 0.350. The van der Waals surface area contributed by atoms with Crippen molar-refractivity contribution in [1.29, 1.82) is 0 Å². The maximum atomic E-state index is 14.7. The van der Waals surface area contributed by atoms with Gasteiger partial charge in [0, 0.05) is 37.2 Å². The van der Waals surface area contributed by atoms with Crippen LogP contribution in [0.25, 0.3) is 11.2 Å². The summed E-state index contributed by atoms with van der Waals surface area (Å²) in [7, 11) is 4.21. The summed E-state index contributed by atoms with van der Waals surface area (Å²) in [5.41, 5.74) is 2.61. The van der Waals surface area contributed by atoms with Crippen LogP contribution in [0.3, 0.4) is 0 Å². The second kappa shape index (κ2) is 7.44. The van der Waals surface area contributed by atoms with Crippen molar-refractivity contribution in [3.8, 4) is 0 Å². The van der Waals surface area contributed by atoms with E-state index in [2.05, 4.69) is 44.2 Å². The smallest absolute Gasteiger partial charge is 0.180 e. The molecule has 1 aromatic carbocycles. The number of nitrogens with zero attached hydrogens (tertiary/aromatic N) is 5. The molecule has 1 saturated heterocycles. The number of benzene rings is 1. The van der Waals surface area contributed by atoms with Gasteiger partial charge in [-0.15, -0.1) is 0 Å². The maximum Gasteiger partial charge on any atom is 0.180 e. The van der Waals surface area contributed by atoms with Gasteiger partial charge >= 0.3 is 0 Å². The van der Waals surface area contributed by atoms with E-state index in [1.165, 1.54) is 6.07 Å². The first kappa shape index (κ1) is 17.6. The average Bonchev–Trinajstić information content (AvgIpc) is 2.68. The van der Waals surface area contributed by atoms with E-state index in [4.69, 9.17) is 0 Å². The maximum absolute atomic E-state index is 14.7. The van der Waals surface area contributed by atoms with Crippen LogP contribution in [-0.4, -0.2) is 53.1 Å². The van der Waals surface area contributed by atoms with Gasteiger partial charge in [-0.05, 0) is 57.3 Å². The number of halogens is 1. The fourth-order valence-electron chi connectivity index (χ4n) is 3.54. The van der Waals surface area contributed by atoms with Gasteiger partial charge in [-0.3, -0.25) is 4.98 Å². The van der Waals surface area contributed by atoms with Gasteiger partial charge < -0.3 is 15.1 Å². The van der Waals surface area contributed by atoms with Crippen molar-refractivity contribution in [3.63, 3.8) is 0 Å². The average molecular weight is 366 g/mol. The third-order valence-corrected chi connectivity index (χ3v) is 5.09. The Morgan fingerprint density at radius 1 is 1.07 bits per heavy atom. The Morgan fingerprint density at radius 3 is 2.59 bits per heavy atom. The Hall–Kier alpha value is -2.80. The largest absolute Gasteiger partial charge is 0.369 e. The second-order valence-electron chi connectivity index (χ2n) is 7.07. The number of hydrogen-bond donors (Lipinski definition) is 1. The van der Waals surface area contributed by atoms with Gasteiger partial charge in [0.1, 0.15) is 17.2 Å². The molecule has 1 fully saturated rings. The lowest BCUT2D eigenvalue weighted by molar-refractivity contribution is 0.249. The van der Waals surface area contributed by atoms with Crippen LogP contribution in [0.4, 0.5) is 21.6 Å². The summed E-state index contributed by atoms with van der Waals surface area (Å²) in [6, 6.07) is 9.49. The summed E-state index contributed by atoms with van der Waals surface area (Å²) < 4.78 is 14.7. The standard InChI is InChI=1S/C20H23FN6/c1-26(2)15-7-11-27(12-8-15)18-5-3-14(13-16(18)21)24-19-6-4-17-20(25-19)23-10-9-22-17/h3-6,9-10,13,15H,7-8,11-12H2,1-2H3,(H,23,24,25). The van der Waals surface area contributed by atoms with Crippen LogP contribution in [0, 0.1) is 5.82 Å². The van der Waals surface area contributed by atoms with Gasteiger partial charge in [0.15, 0.2) is 5.65 Å². The molecule has 7 heteroatoms. The van der Waals surface area contributed by atoms with Crippen LogP contribution in [0.5, 0.6) is 0 Å². The van der Waals surface area contributed by atoms with Crippen LogP contribution in [0.1, 0.15) is 12.8 Å². The van der Waals surface area contributed by atoms with Crippen molar-refractivity contribution < 1.29 is 4.39 Å². The molecule has 0 saturated carbocycles. The Bertz CT molecular complexity index is 937. The van der Waals surface area contributed by atoms with Gasteiger partial charge in [0.2, 0.25) is 0 Å². The van der Waals surface area contributed by atoms with E-state index in [1.54, 1.807) is 12.4 Å². The number of piperidine rings is 1. The van der Waals surface area contributed by atoms with Crippen molar-refractivity contribution in [2.75, 3.05) is 37.4 Å². The number of fused-ring (bicyclic) bond motifs is 1. The van der Waals surface area contributed by atoms with E-state index < -0.39 is 0 Å². The van der Waals surface area contributed by atoms with Crippen LogP contribution in [0.2, 0.25) is 0 Å². The number of pyridine rings is 1. The molecule has 0 radical (unpaired) electrons. The predicted molar refractivity (Wildman–Crippen MR) is 106 cm³/mol. The summed E-state index contributed by atoms with van der Waals surface area (Å²) in [4.78, 5) is 17.2. The number of anilines is 3. The molecule has 27 heavy (non-hydrogen) atoms. The Balaban J connectivity index is 1.48. The second-order valence-corrected chi connectivity index (χ2v) is 7.07. The van der Waals surface area contributed by atoms with E-state index in [0.29, 0.717) is 28.9 Å². The molecule has 0 spiro atoms. The van der Waals surface area contributed by atoms with Gasteiger partial charge in [-0.25, -0.2) is 14.4 Å². The molecule has 140 valence electrons. The first-order chi connectivity index (χ1) is 13.1. The quantitative estimate of drug-likeness (QED) is 0.763. The van der Waals surface area contributed by atoms with Gasteiger partial charge in [-0.2, -0.15) is 0 Å². The van der Waals surface area contributed by atoms with Crippen LogP contribution >= 0.6 is 0 Å². The van der Waals surface area contributed by atoms with E-state index in [0.717, 1.165) is 31.4 Å². The molecule has 3 aromatic rings. The highest BCUT2D eigenvalue weighted by Gasteiger charge is 2.22. The van der Waals surface area contributed by atoms with Crippen LogP contribution in [0.15, 0.2) is 42.7 Å². The van der Waals surface area contributed by atoms with Gasteiger partial charge in [-0.1, -0.05) is 0 Å². The normalized spacial score (nSPS) is 15.5. The summed E-state index contributed by atoms with van der Waals surface area (Å²) in [6.45, 7) is 1.74. The molecule has 2 aromatic heterocycles. The molecule has 1 N–H and O–H groups in total. The van der Waals surface area contributed by atoms with Crippen molar-refractivity contribution >= 4 is 28.4 Å². The molecule has 1 aliphatic heterocycles. The number of rotatable bonds is 4. The van der Waals surface area contributed by atoms with E-state index in [9.17, 15) is 4.39 Å². The topological polar surface area (TPSA) is 57.2 Å². The summed E-state index contributed by atoms with van der Waals surface area (Å²) in [5, 5.41) is 3.14. The zero-order chi connectivity index (χ0) is 18.8. The van der Waals surface area contributed by atoms with Crippen LogP contribution < -0.4 is 10.2 Å².